The quantitative estimate of drug-likeness (QED) is 0.507. The third kappa shape index (κ3) is 6.12. The second-order valence-electron chi connectivity index (χ2n) is 5.52. The number of aldehydes is 1. The summed E-state index contributed by atoms with van der Waals surface area (Å²) in [6, 6.07) is 6.89. The van der Waals surface area contributed by atoms with Gasteiger partial charge < -0.3 is 24.1 Å². The molecule has 0 aliphatic rings. The van der Waals surface area contributed by atoms with E-state index in [1.807, 2.05) is 6.92 Å². The predicted octanol–water partition coefficient (Wildman–Crippen LogP) is 5.19. The molecular weight excluding hydrogens is 496 g/mol. The fourth-order valence-corrected chi connectivity index (χ4v) is 3.38. The summed E-state index contributed by atoms with van der Waals surface area (Å²) < 4.78 is 21.9. The lowest BCUT2D eigenvalue weighted by Gasteiger charge is -2.14. The van der Waals surface area contributed by atoms with E-state index in [0.29, 0.717) is 39.5 Å². The monoisotopic (exact) mass is 518 g/mol. The van der Waals surface area contributed by atoms with Crippen LogP contribution in [0.5, 0.6) is 23.0 Å². The second-order valence-corrected chi connectivity index (χ2v) is 7.11. The van der Waals surface area contributed by atoms with Crippen LogP contribution in [0.4, 0.5) is 0 Å². The standard InChI is InChI=1S/C11H15BrO3.C9H9BrO3/c1-4-8(13)7-5-9(14-2)11(12)10(6-7)15-3;1-12-7-3-6(5-11)4-8(13-2)9(7)10/h5-6,8,13H,4H2,1-3H3;3-5H,1-2H3. The molecule has 2 aromatic rings. The fourth-order valence-electron chi connectivity index (χ4n) is 2.28. The van der Waals surface area contributed by atoms with Gasteiger partial charge in [-0.15, -0.1) is 0 Å². The lowest BCUT2D eigenvalue weighted by atomic mass is 10.1. The Bertz CT molecular complexity index is 744. The van der Waals surface area contributed by atoms with Gasteiger partial charge in [0.25, 0.3) is 0 Å². The van der Waals surface area contributed by atoms with Crippen molar-refractivity contribution in [2.75, 3.05) is 28.4 Å². The first-order valence-electron chi connectivity index (χ1n) is 8.32. The minimum Gasteiger partial charge on any atom is -0.495 e. The first-order valence-corrected chi connectivity index (χ1v) is 9.91. The predicted molar refractivity (Wildman–Crippen MR) is 115 cm³/mol. The van der Waals surface area contributed by atoms with Crippen molar-refractivity contribution >= 4 is 38.1 Å². The number of hydrogen-bond acceptors (Lipinski definition) is 6. The van der Waals surface area contributed by atoms with E-state index < -0.39 is 6.10 Å². The number of carbonyl (C=O) groups excluding carboxylic acids is 1. The summed E-state index contributed by atoms with van der Waals surface area (Å²) in [5.41, 5.74) is 1.33. The molecule has 0 fully saturated rings. The zero-order valence-electron chi connectivity index (χ0n) is 16.4. The third-order valence-electron chi connectivity index (χ3n) is 3.84. The van der Waals surface area contributed by atoms with Gasteiger partial charge in [-0.1, -0.05) is 6.92 Å². The van der Waals surface area contributed by atoms with E-state index in [2.05, 4.69) is 31.9 Å². The molecule has 1 atom stereocenters. The van der Waals surface area contributed by atoms with Crippen molar-refractivity contribution in [2.45, 2.75) is 19.4 Å². The molecule has 0 aromatic heterocycles. The summed E-state index contributed by atoms with van der Waals surface area (Å²) in [5, 5.41) is 9.73. The molecule has 0 saturated heterocycles. The van der Waals surface area contributed by atoms with Crippen molar-refractivity contribution in [3.8, 4) is 23.0 Å². The summed E-state index contributed by atoms with van der Waals surface area (Å²) >= 11 is 6.67. The van der Waals surface area contributed by atoms with Gasteiger partial charge in [0.05, 0.1) is 34.5 Å². The van der Waals surface area contributed by atoms with Gasteiger partial charge in [0.1, 0.15) is 38.2 Å². The van der Waals surface area contributed by atoms with E-state index >= 15 is 0 Å². The van der Waals surface area contributed by atoms with Gasteiger partial charge in [0.2, 0.25) is 0 Å². The molecule has 0 bridgehead atoms. The molecule has 0 aliphatic heterocycles. The molecule has 0 spiro atoms. The van der Waals surface area contributed by atoms with Gasteiger partial charge in [0, 0.05) is 5.56 Å². The van der Waals surface area contributed by atoms with E-state index in [4.69, 9.17) is 18.9 Å². The molecule has 2 rings (SSSR count). The number of benzene rings is 2. The summed E-state index contributed by atoms with van der Waals surface area (Å²) in [7, 11) is 6.24. The van der Waals surface area contributed by atoms with Crippen molar-refractivity contribution in [3.05, 3.63) is 44.3 Å². The highest BCUT2D eigenvalue weighted by molar-refractivity contribution is 9.11. The van der Waals surface area contributed by atoms with E-state index in [-0.39, 0.29) is 0 Å². The molecule has 0 saturated carbocycles. The first-order chi connectivity index (χ1) is 13.4. The molecule has 8 heteroatoms. The van der Waals surface area contributed by atoms with E-state index in [0.717, 1.165) is 16.3 Å². The van der Waals surface area contributed by atoms with Crippen LogP contribution in [0.15, 0.2) is 33.2 Å². The Balaban J connectivity index is 0.000000283. The van der Waals surface area contributed by atoms with E-state index in [1.165, 1.54) is 14.2 Å². The van der Waals surface area contributed by atoms with Gasteiger partial charge in [-0.25, -0.2) is 0 Å². The molecular formula is C20H24Br2O6. The number of methoxy groups -OCH3 is 4. The second kappa shape index (κ2) is 11.9. The molecule has 1 unspecified atom stereocenters. The van der Waals surface area contributed by atoms with Crippen molar-refractivity contribution in [1.82, 2.24) is 0 Å². The van der Waals surface area contributed by atoms with Crippen LogP contribution in [-0.2, 0) is 0 Å². The van der Waals surface area contributed by atoms with Crippen LogP contribution in [0, 0.1) is 0 Å². The number of aliphatic hydroxyl groups excluding tert-OH is 1. The number of hydrogen-bond donors (Lipinski definition) is 1. The van der Waals surface area contributed by atoms with Crippen LogP contribution < -0.4 is 18.9 Å². The van der Waals surface area contributed by atoms with Crippen LogP contribution in [0.2, 0.25) is 0 Å². The minimum atomic E-state index is -0.485. The third-order valence-corrected chi connectivity index (χ3v) is 5.41. The Morgan fingerprint density at radius 1 is 0.857 bits per heavy atom. The van der Waals surface area contributed by atoms with Gasteiger partial charge in [-0.2, -0.15) is 0 Å². The maximum atomic E-state index is 10.5. The lowest BCUT2D eigenvalue weighted by Crippen LogP contribution is -1.98. The molecule has 0 aliphatic carbocycles. The highest BCUT2D eigenvalue weighted by Gasteiger charge is 2.13. The summed E-state index contributed by atoms with van der Waals surface area (Å²) in [6.07, 6.45) is 0.923. The molecule has 2 aromatic carbocycles. The average molecular weight is 520 g/mol. The number of ether oxygens (including phenoxy) is 4. The van der Waals surface area contributed by atoms with Gasteiger partial charge in [-0.05, 0) is 68.1 Å². The van der Waals surface area contributed by atoms with Crippen LogP contribution in [-0.4, -0.2) is 39.8 Å². The normalized spacial score (nSPS) is 11.0. The molecule has 0 heterocycles. The Hall–Kier alpha value is -1.77. The Labute approximate surface area is 182 Å². The van der Waals surface area contributed by atoms with Gasteiger partial charge in [-0.3, -0.25) is 4.79 Å². The molecule has 154 valence electrons. The zero-order chi connectivity index (χ0) is 21.3. The van der Waals surface area contributed by atoms with E-state index in [1.54, 1.807) is 38.5 Å². The van der Waals surface area contributed by atoms with E-state index in [9.17, 15) is 9.90 Å². The number of rotatable bonds is 7. The van der Waals surface area contributed by atoms with Crippen LogP contribution in [0.3, 0.4) is 0 Å². The average Bonchev–Trinajstić information content (AvgIpc) is 2.73. The van der Waals surface area contributed by atoms with Crippen LogP contribution >= 0.6 is 31.9 Å². The highest BCUT2D eigenvalue weighted by Crippen LogP contribution is 2.37. The zero-order valence-corrected chi connectivity index (χ0v) is 19.6. The molecule has 0 amide bonds. The molecule has 1 N–H and O–H groups in total. The Morgan fingerprint density at radius 2 is 1.21 bits per heavy atom. The lowest BCUT2D eigenvalue weighted by molar-refractivity contribution is 0.112. The molecule has 0 radical (unpaired) electrons. The summed E-state index contributed by atoms with van der Waals surface area (Å²) in [6.45, 7) is 1.92. The molecule has 6 nitrogen and oxygen atoms in total. The number of halogens is 2. The van der Waals surface area contributed by atoms with Crippen molar-refractivity contribution in [1.29, 1.82) is 0 Å². The van der Waals surface area contributed by atoms with Crippen molar-refractivity contribution < 1.29 is 28.8 Å². The topological polar surface area (TPSA) is 74.2 Å². The molecule has 28 heavy (non-hydrogen) atoms. The largest absolute Gasteiger partial charge is 0.495 e. The first kappa shape index (κ1) is 24.3. The smallest absolute Gasteiger partial charge is 0.150 e. The van der Waals surface area contributed by atoms with Crippen LogP contribution in [0.25, 0.3) is 0 Å². The Morgan fingerprint density at radius 3 is 1.50 bits per heavy atom. The Kier molecular flexibility index (Phi) is 10.3. The minimum absolute atomic E-state index is 0.485. The van der Waals surface area contributed by atoms with Gasteiger partial charge in [0.15, 0.2) is 0 Å². The number of carbonyl (C=O) groups is 1. The van der Waals surface area contributed by atoms with Crippen molar-refractivity contribution in [3.63, 3.8) is 0 Å². The maximum Gasteiger partial charge on any atom is 0.150 e. The highest BCUT2D eigenvalue weighted by atomic mass is 79.9. The fraction of sp³-hybridized carbons (Fsp3) is 0.350. The van der Waals surface area contributed by atoms with Crippen LogP contribution in [0.1, 0.15) is 35.4 Å². The maximum absolute atomic E-state index is 10.5. The van der Waals surface area contributed by atoms with Crippen molar-refractivity contribution in [2.24, 2.45) is 0 Å². The summed E-state index contributed by atoms with van der Waals surface area (Å²) in [5.74, 6) is 2.50. The SMILES string of the molecule is CCC(O)c1cc(OC)c(Br)c(OC)c1.COc1cc(C=O)cc(OC)c1Br. The number of aliphatic hydroxyl groups is 1. The summed E-state index contributed by atoms with van der Waals surface area (Å²) in [4.78, 5) is 10.5. The van der Waals surface area contributed by atoms with Gasteiger partial charge >= 0.3 is 0 Å².